The number of ether oxygens (including phenoxy) is 2. The quantitative estimate of drug-likeness (QED) is 0.689. The third-order valence-electron chi connectivity index (χ3n) is 4.74. The Morgan fingerprint density at radius 3 is 2.30 bits per heavy atom. The number of hydrogen-bond donors (Lipinski definition) is 0. The van der Waals surface area contributed by atoms with Gasteiger partial charge in [0.2, 0.25) is 0 Å². The van der Waals surface area contributed by atoms with Gasteiger partial charge in [-0.3, -0.25) is 9.00 Å². The largest absolute Gasteiger partial charge is 0.497 e. The highest BCUT2D eigenvalue weighted by molar-refractivity contribution is 7.87. The van der Waals surface area contributed by atoms with Crippen molar-refractivity contribution in [2.75, 3.05) is 13.7 Å². The van der Waals surface area contributed by atoms with Crippen LogP contribution in [0.25, 0.3) is 0 Å². The van der Waals surface area contributed by atoms with Crippen molar-refractivity contribution >= 4 is 16.6 Å². The molecule has 0 bridgehead atoms. The van der Waals surface area contributed by atoms with Crippen molar-refractivity contribution in [3.05, 3.63) is 90.0 Å². The summed E-state index contributed by atoms with van der Waals surface area (Å²) in [6.45, 7) is -0.00246. The monoisotopic (exact) mass is 378 g/mol. The molecule has 3 aromatic carbocycles. The smallest absolute Gasteiger partial charge is 0.193 e. The molecule has 0 aromatic heterocycles. The number of carbonyl (C=O) groups is 1. The maximum absolute atomic E-state index is 13.7. The van der Waals surface area contributed by atoms with Crippen LogP contribution in [0.4, 0.5) is 0 Å². The van der Waals surface area contributed by atoms with Gasteiger partial charge in [-0.2, -0.15) is 0 Å². The summed E-state index contributed by atoms with van der Waals surface area (Å²) < 4.78 is 23.5. The second-order valence-corrected chi connectivity index (χ2v) is 7.96. The lowest BCUT2D eigenvalue weighted by Crippen LogP contribution is -2.48. The molecule has 0 saturated heterocycles. The zero-order valence-electron chi connectivity index (χ0n) is 14.8. The van der Waals surface area contributed by atoms with E-state index in [1.807, 2.05) is 48.5 Å². The Bertz CT molecular complexity index is 1000. The van der Waals surface area contributed by atoms with Gasteiger partial charge in [-0.25, -0.2) is 0 Å². The first kappa shape index (κ1) is 17.5. The lowest BCUT2D eigenvalue weighted by Gasteiger charge is -2.36. The van der Waals surface area contributed by atoms with Gasteiger partial charge < -0.3 is 9.47 Å². The van der Waals surface area contributed by atoms with E-state index >= 15 is 0 Å². The minimum atomic E-state index is -1.63. The average Bonchev–Trinajstić information content (AvgIpc) is 2.75. The van der Waals surface area contributed by atoms with E-state index < -0.39 is 15.5 Å². The van der Waals surface area contributed by atoms with Crippen LogP contribution in [0.3, 0.4) is 0 Å². The average molecular weight is 378 g/mol. The maximum Gasteiger partial charge on any atom is 0.193 e. The van der Waals surface area contributed by atoms with Crippen molar-refractivity contribution in [1.82, 2.24) is 0 Å². The lowest BCUT2D eigenvalue weighted by atomic mass is 9.88. The normalized spacial score (nSPS) is 19.7. The fourth-order valence-electron chi connectivity index (χ4n) is 3.31. The van der Waals surface area contributed by atoms with Gasteiger partial charge in [0, 0.05) is 11.0 Å². The molecule has 27 heavy (non-hydrogen) atoms. The Balaban J connectivity index is 1.90. The van der Waals surface area contributed by atoms with Crippen LogP contribution in [0.2, 0.25) is 0 Å². The van der Waals surface area contributed by atoms with E-state index in [0.29, 0.717) is 27.5 Å². The molecule has 0 radical (unpaired) electrons. The first-order valence-electron chi connectivity index (χ1n) is 8.55. The van der Waals surface area contributed by atoms with Gasteiger partial charge in [-0.05, 0) is 29.8 Å². The highest BCUT2D eigenvalue weighted by Gasteiger charge is 2.51. The predicted molar refractivity (Wildman–Crippen MR) is 104 cm³/mol. The van der Waals surface area contributed by atoms with Gasteiger partial charge in [0.05, 0.1) is 23.5 Å². The minimum absolute atomic E-state index is 0.00246. The molecule has 1 heterocycles. The number of ketones is 1. The van der Waals surface area contributed by atoms with E-state index in [1.165, 1.54) is 0 Å². The van der Waals surface area contributed by atoms with Crippen molar-refractivity contribution in [3.63, 3.8) is 0 Å². The van der Waals surface area contributed by atoms with Crippen LogP contribution >= 0.6 is 0 Å². The van der Waals surface area contributed by atoms with Crippen molar-refractivity contribution in [2.24, 2.45) is 0 Å². The molecule has 0 saturated carbocycles. The predicted octanol–water partition coefficient (Wildman–Crippen LogP) is 3.97. The van der Waals surface area contributed by atoms with Crippen LogP contribution in [0.1, 0.15) is 15.9 Å². The van der Waals surface area contributed by atoms with Crippen molar-refractivity contribution in [3.8, 4) is 11.5 Å². The van der Waals surface area contributed by atoms with Crippen molar-refractivity contribution in [2.45, 2.75) is 9.64 Å². The standard InChI is InChI=1S/C22H18O4S/c1-25-17-12-13-19-20(14-17)26-15-22(21(19)23,16-8-4-2-5-9-16)27(24)18-10-6-3-7-11-18/h2-14H,15H2,1H3. The number of methoxy groups -OCH3 is 1. The maximum atomic E-state index is 13.7. The molecule has 0 aliphatic carbocycles. The first-order chi connectivity index (χ1) is 13.2. The summed E-state index contributed by atoms with van der Waals surface area (Å²) in [6.07, 6.45) is 0. The SMILES string of the molecule is COc1ccc2c(c1)OCC(c1ccccc1)(S(=O)c1ccccc1)C2=O. The summed E-state index contributed by atoms with van der Waals surface area (Å²) >= 11 is 0. The molecular formula is C22H18O4S. The minimum Gasteiger partial charge on any atom is -0.497 e. The third-order valence-corrected chi connectivity index (χ3v) is 6.62. The highest BCUT2D eigenvalue weighted by Crippen LogP contribution is 2.42. The molecule has 4 nitrogen and oxygen atoms in total. The molecule has 0 spiro atoms. The molecule has 0 N–H and O–H groups in total. The van der Waals surface area contributed by atoms with Gasteiger partial charge in [0.15, 0.2) is 10.5 Å². The van der Waals surface area contributed by atoms with Crippen LogP contribution in [-0.4, -0.2) is 23.7 Å². The van der Waals surface area contributed by atoms with E-state index in [2.05, 4.69) is 0 Å². The van der Waals surface area contributed by atoms with Crippen LogP contribution in [0.15, 0.2) is 83.8 Å². The second-order valence-electron chi connectivity index (χ2n) is 6.25. The number of hydrogen-bond acceptors (Lipinski definition) is 4. The van der Waals surface area contributed by atoms with Gasteiger partial charge in [0.25, 0.3) is 0 Å². The van der Waals surface area contributed by atoms with Crippen LogP contribution in [-0.2, 0) is 15.5 Å². The molecule has 1 aliphatic heterocycles. The molecule has 3 aromatic rings. The van der Waals surface area contributed by atoms with Crippen LogP contribution in [0, 0.1) is 0 Å². The Morgan fingerprint density at radius 2 is 1.63 bits per heavy atom. The Kier molecular flexibility index (Phi) is 4.54. The van der Waals surface area contributed by atoms with Gasteiger partial charge in [0.1, 0.15) is 18.1 Å². The summed E-state index contributed by atoms with van der Waals surface area (Å²) in [7, 11) is -0.0691. The summed E-state index contributed by atoms with van der Waals surface area (Å²) in [5.41, 5.74) is 1.09. The molecule has 136 valence electrons. The van der Waals surface area contributed by atoms with E-state index in [1.54, 1.807) is 37.4 Å². The zero-order chi connectivity index (χ0) is 18.9. The number of benzene rings is 3. The van der Waals surface area contributed by atoms with E-state index in [4.69, 9.17) is 9.47 Å². The Labute approximate surface area is 160 Å². The van der Waals surface area contributed by atoms with E-state index in [9.17, 15) is 9.00 Å². The number of rotatable bonds is 4. The molecule has 2 atom stereocenters. The highest BCUT2D eigenvalue weighted by atomic mass is 32.2. The molecule has 0 amide bonds. The lowest BCUT2D eigenvalue weighted by molar-refractivity contribution is 0.0863. The molecule has 4 rings (SSSR count). The summed E-state index contributed by atoms with van der Waals surface area (Å²) in [4.78, 5) is 14.2. The summed E-state index contributed by atoms with van der Waals surface area (Å²) in [5, 5.41) is 0. The van der Waals surface area contributed by atoms with Crippen molar-refractivity contribution in [1.29, 1.82) is 0 Å². The van der Waals surface area contributed by atoms with Gasteiger partial charge >= 0.3 is 0 Å². The van der Waals surface area contributed by atoms with Crippen molar-refractivity contribution < 1.29 is 18.5 Å². The molecule has 5 heteroatoms. The second kappa shape index (κ2) is 7.00. The Morgan fingerprint density at radius 1 is 0.963 bits per heavy atom. The fraction of sp³-hybridized carbons (Fsp3) is 0.136. The number of fused-ring (bicyclic) bond motifs is 1. The summed E-state index contributed by atoms with van der Waals surface area (Å²) in [5.74, 6) is 0.855. The van der Waals surface area contributed by atoms with Crippen LogP contribution < -0.4 is 9.47 Å². The van der Waals surface area contributed by atoms with Gasteiger partial charge in [-0.1, -0.05) is 48.5 Å². The topological polar surface area (TPSA) is 52.6 Å². The first-order valence-corrected chi connectivity index (χ1v) is 9.70. The number of carbonyl (C=O) groups excluding carboxylic acids is 1. The van der Waals surface area contributed by atoms with Gasteiger partial charge in [-0.15, -0.1) is 0 Å². The van der Waals surface area contributed by atoms with E-state index in [-0.39, 0.29) is 12.4 Å². The zero-order valence-corrected chi connectivity index (χ0v) is 15.6. The molecule has 2 unspecified atom stereocenters. The molecular weight excluding hydrogens is 360 g/mol. The molecule has 1 aliphatic rings. The Hall–Kier alpha value is -2.92. The number of Topliss-reactive ketones (excluding diaryl/α,β-unsaturated/α-hetero) is 1. The third kappa shape index (κ3) is 2.84. The van der Waals surface area contributed by atoms with Crippen LogP contribution in [0.5, 0.6) is 11.5 Å². The fourth-order valence-corrected chi connectivity index (χ4v) is 4.91. The molecule has 0 fully saturated rings. The summed E-state index contributed by atoms with van der Waals surface area (Å²) in [6, 6.07) is 23.3. The van der Waals surface area contributed by atoms with E-state index in [0.717, 1.165) is 0 Å².